The molecule has 43 heavy (non-hydrogen) atoms. The van der Waals surface area contributed by atoms with Crippen LogP contribution in [0.15, 0.2) is 36.4 Å². The van der Waals surface area contributed by atoms with Crippen LogP contribution in [0, 0.1) is 11.3 Å². The third-order valence-corrected chi connectivity index (χ3v) is 6.27. The lowest BCUT2D eigenvalue weighted by molar-refractivity contribution is -0.154. The maximum atomic E-state index is 13.2. The van der Waals surface area contributed by atoms with Crippen LogP contribution in [0.4, 0.5) is 10.5 Å². The summed E-state index contributed by atoms with van der Waals surface area (Å²) < 4.78 is 5.30. The zero-order chi connectivity index (χ0) is 32.3. The standard InChI is InChI=1S/C29H40N6O8/c1-17(2)24(34-21(36)15-35-22(37)12-13-23(35)38)26(40)33-20(7-6-14-31-28(30)42)25(39)32-19-10-8-18(9-11-19)16-43-27(41)29(3,4)5/h8-13,17,20,24H,6-7,14-16H2,1-5H3,(H,32,39)(H,33,40)(H,34,36)(H3,30,31,42)/t20-,24-/m1/s1. The molecule has 234 valence electrons. The van der Waals surface area contributed by atoms with Crippen LogP contribution in [0.1, 0.15) is 53.0 Å². The summed E-state index contributed by atoms with van der Waals surface area (Å²) in [5.41, 5.74) is 5.60. The summed E-state index contributed by atoms with van der Waals surface area (Å²) in [6.07, 6.45) is 2.52. The van der Waals surface area contributed by atoms with Crippen LogP contribution in [0.3, 0.4) is 0 Å². The number of nitrogens with zero attached hydrogens (tertiary/aromatic N) is 1. The van der Waals surface area contributed by atoms with Gasteiger partial charge in [-0.3, -0.25) is 33.7 Å². The molecule has 0 bridgehead atoms. The van der Waals surface area contributed by atoms with Gasteiger partial charge >= 0.3 is 12.0 Å². The molecule has 14 heteroatoms. The minimum Gasteiger partial charge on any atom is -0.460 e. The van der Waals surface area contributed by atoms with Gasteiger partial charge in [0.05, 0.1) is 5.41 Å². The van der Waals surface area contributed by atoms with E-state index in [1.54, 1.807) is 58.9 Å². The normalized spacial score (nSPS) is 14.2. The molecule has 1 aromatic carbocycles. The highest BCUT2D eigenvalue weighted by molar-refractivity contribution is 6.14. The van der Waals surface area contributed by atoms with E-state index >= 15 is 0 Å². The van der Waals surface area contributed by atoms with Crippen molar-refractivity contribution in [3.8, 4) is 0 Å². The largest absolute Gasteiger partial charge is 0.460 e. The molecule has 1 aliphatic heterocycles. The number of anilines is 1. The highest BCUT2D eigenvalue weighted by atomic mass is 16.5. The Labute approximate surface area is 250 Å². The molecular weight excluding hydrogens is 560 g/mol. The monoisotopic (exact) mass is 600 g/mol. The number of hydrogen-bond acceptors (Lipinski definition) is 8. The van der Waals surface area contributed by atoms with E-state index < -0.39 is 65.5 Å². The van der Waals surface area contributed by atoms with E-state index in [4.69, 9.17) is 10.5 Å². The van der Waals surface area contributed by atoms with Crippen molar-refractivity contribution in [3.05, 3.63) is 42.0 Å². The molecule has 0 aliphatic carbocycles. The van der Waals surface area contributed by atoms with Gasteiger partial charge in [-0.1, -0.05) is 26.0 Å². The number of hydrogen-bond donors (Lipinski definition) is 5. The Balaban J connectivity index is 2.07. The molecule has 2 atom stereocenters. The molecule has 2 rings (SSSR count). The number of rotatable bonds is 14. The van der Waals surface area contributed by atoms with E-state index in [2.05, 4.69) is 21.3 Å². The molecule has 0 unspecified atom stereocenters. The Hall–Kier alpha value is -4.75. The van der Waals surface area contributed by atoms with Crippen LogP contribution in [-0.2, 0) is 40.1 Å². The first-order valence-electron chi connectivity index (χ1n) is 13.8. The van der Waals surface area contributed by atoms with E-state index in [1.165, 1.54) is 0 Å². The SMILES string of the molecule is CC(C)[C@@H](NC(=O)CN1C(=O)C=CC1=O)C(=O)N[C@H](CCCNC(N)=O)C(=O)Nc1ccc(COC(=O)C(C)(C)C)cc1. The minimum atomic E-state index is -1.08. The molecular formula is C29H40N6O8. The highest BCUT2D eigenvalue weighted by Gasteiger charge is 2.31. The number of nitrogens with two attached hydrogens (primary N) is 1. The van der Waals surface area contributed by atoms with E-state index in [-0.39, 0.29) is 25.5 Å². The zero-order valence-electron chi connectivity index (χ0n) is 25.0. The van der Waals surface area contributed by atoms with Crippen LogP contribution in [0.5, 0.6) is 0 Å². The summed E-state index contributed by atoms with van der Waals surface area (Å²) in [6.45, 7) is 8.29. The van der Waals surface area contributed by atoms with Crippen LogP contribution < -0.4 is 27.0 Å². The summed E-state index contributed by atoms with van der Waals surface area (Å²) in [7, 11) is 0. The van der Waals surface area contributed by atoms with Gasteiger partial charge in [0.15, 0.2) is 0 Å². The van der Waals surface area contributed by atoms with E-state index in [0.717, 1.165) is 17.1 Å². The average molecular weight is 601 g/mol. The molecule has 0 spiro atoms. The molecule has 1 aromatic rings. The van der Waals surface area contributed by atoms with Crippen molar-refractivity contribution in [1.82, 2.24) is 20.9 Å². The van der Waals surface area contributed by atoms with Gasteiger partial charge in [0.25, 0.3) is 11.8 Å². The molecule has 14 nitrogen and oxygen atoms in total. The first kappa shape index (κ1) is 34.5. The van der Waals surface area contributed by atoms with Gasteiger partial charge in [-0.05, 0) is 57.2 Å². The number of carbonyl (C=O) groups is 7. The lowest BCUT2D eigenvalue weighted by Crippen LogP contribution is -2.56. The van der Waals surface area contributed by atoms with Crippen LogP contribution in [-0.4, -0.2) is 71.6 Å². The molecule has 7 amide bonds. The summed E-state index contributed by atoms with van der Waals surface area (Å²) >= 11 is 0. The highest BCUT2D eigenvalue weighted by Crippen LogP contribution is 2.18. The Morgan fingerprint density at radius 1 is 0.930 bits per heavy atom. The number of carbonyl (C=O) groups excluding carboxylic acids is 7. The number of nitrogens with one attached hydrogen (secondary N) is 4. The molecule has 0 fully saturated rings. The zero-order valence-corrected chi connectivity index (χ0v) is 25.0. The van der Waals surface area contributed by atoms with Gasteiger partial charge in [0.2, 0.25) is 17.7 Å². The Kier molecular flexibility index (Phi) is 12.4. The van der Waals surface area contributed by atoms with Crippen molar-refractivity contribution in [2.45, 2.75) is 66.2 Å². The van der Waals surface area contributed by atoms with E-state index in [1.807, 2.05) is 0 Å². The lowest BCUT2D eigenvalue weighted by atomic mass is 9.97. The smallest absolute Gasteiger partial charge is 0.312 e. The second-order valence-corrected chi connectivity index (χ2v) is 11.4. The van der Waals surface area contributed by atoms with Crippen molar-refractivity contribution >= 4 is 47.2 Å². The summed E-state index contributed by atoms with van der Waals surface area (Å²) in [6, 6.07) is 3.75. The number of amides is 7. The molecule has 0 saturated carbocycles. The van der Waals surface area contributed by atoms with Crippen LogP contribution in [0.25, 0.3) is 0 Å². The van der Waals surface area contributed by atoms with Crippen molar-refractivity contribution in [2.24, 2.45) is 17.1 Å². The van der Waals surface area contributed by atoms with Crippen molar-refractivity contribution in [1.29, 1.82) is 0 Å². The van der Waals surface area contributed by atoms with Gasteiger partial charge in [0.1, 0.15) is 25.2 Å². The Bertz CT molecular complexity index is 1230. The second-order valence-electron chi connectivity index (χ2n) is 11.4. The average Bonchev–Trinajstić information content (AvgIpc) is 3.23. The third kappa shape index (κ3) is 11.2. The maximum Gasteiger partial charge on any atom is 0.312 e. The Morgan fingerprint density at radius 2 is 1.53 bits per heavy atom. The topological polar surface area (TPSA) is 206 Å². The van der Waals surface area contributed by atoms with Gasteiger partial charge in [-0.15, -0.1) is 0 Å². The quantitative estimate of drug-likeness (QED) is 0.116. The van der Waals surface area contributed by atoms with Gasteiger partial charge in [0, 0.05) is 24.4 Å². The van der Waals surface area contributed by atoms with Gasteiger partial charge in [-0.25, -0.2) is 4.79 Å². The number of ether oxygens (including phenoxy) is 1. The van der Waals surface area contributed by atoms with Crippen molar-refractivity contribution in [2.75, 3.05) is 18.4 Å². The summed E-state index contributed by atoms with van der Waals surface area (Å²) in [5, 5.41) is 10.3. The number of primary amides is 1. The predicted molar refractivity (Wildman–Crippen MR) is 156 cm³/mol. The predicted octanol–water partition coefficient (Wildman–Crippen LogP) is 0.714. The first-order valence-corrected chi connectivity index (χ1v) is 13.8. The first-order chi connectivity index (χ1) is 20.1. The fourth-order valence-corrected chi connectivity index (χ4v) is 3.81. The van der Waals surface area contributed by atoms with E-state index in [9.17, 15) is 33.6 Å². The fraction of sp³-hybridized carbons (Fsp3) is 0.483. The maximum absolute atomic E-state index is 13.2. The number of imide groups is 1. The molecule has 1 heterocycles. The molecule has 6 N–H and O–H groups in total. The molecule has 0 radical (unpaired) electrons. The lowest BCUT2D eigenvalue weighted by Gasteiger charge is -2.26. The number of urea groups is 1. The van der Waals surface area contributed by atoms with Crippen LogP contribution >= 0.6 is 0 Å². The molecule has 1 aliphatic rings. The van der Waals surface area contributed by atoms with Crippen molar-refractivity contribution < 1.29 is 38.3 Å². The van der Waals surface area contributed by atoms with Crippen molar-refractivity contribution in [3.63, 3.8) is 0 Å². The minimum absolute atomic E-state index is 0.0643. The Morgan fingerprint density at radius 3 is 2.07 bits per heavy atom. The second kappa shape index (κ2) is 15.5. The van der Waals surface area contributed by atoms with Gasteiger partial charge < -0.3 is 31.7 Å². The summed E-state index contributed by atoms with van der Waals surface area (Å²) in [4.78, 5) is 86.4. The van der Waals surface area contributed by atoms with Crippen LogP contribution in [0.2, 0.25) is 0 Å². The molecule has 0 aromatic heterocycles. The fourth-order valence-electron chi connectivity index (χ4n) is 3.81. The number of esters is 1. The van der Waals surface area contributed by atoms with E-state index in [0.29, 0.717) is 17.7 Å². The molecule has 0 saturated heterocycles. The number of benzene rings is 1. The van der Waals surface area contributed by atoms with Gasteiger partial charge in [-0.2, -0.15) is 0 Å². The third-order valence-electron chi connectivity index (χ3n) is 6.27. The summed E-state index contributed by atoms with van der Waals surface area (Å²) in [5.74, 6) is -3.95.